The third-order valence-electron chi connectivity index (χ3n) is 3.91. The first kappa shape index (κ1) is 14.4. The summed E-state index contributed by atoms with van der Waals surface area (Å²) < 4.78 is 5.88. The Morgan fingerprint density at radius 2 is 2.14 bits per heavy atom. The standard InChI is InChI=1S/C15H22N4OS/c1-17-5-4-16-12(8-17)15-9-19(3)13(10-20-15)14-11-21-7-6-18(14)2/h4-5,8-10,14,16H,6-7,11H2,1-3H3. The van der Waals surface area contributed by atoms with Crippen molar-refractivity contribution in [3.63, 3.8) is 0 Å². The van der Waals surface area contributed by atoms with Gasteiger partial charge in [-0.15, -0.1) is 0 Å². The van der Waals surface area contributed by atoms with E-state index in [2.05, 4.69) is 29.2 Å². The van der Waals surface area contributed by atoms with E-state index in [-0.39, 0.29) is 0 Å². The summed E-state index contributed by atoms with van der Waals surface area (Å²) in [5, 5.41) is 3.22. The zero-order valence-electron chi connectivity index (χ0n) is 12.7. The van der Waals surface area contributed by atoms with E-state index in [0.717, 1.165) is 23.8 Å². The minimum atomic E-state index is 0.419. The third-order valence-corrected chi connectivity index (χ3v) is 4.93. The Bertz CT molecular complexity index is 526. The van der Waals surface area contributed by atoms with Crippen LogP contribution in [0.2, 0.25) is 0 Å². The molecular formula is C15H22N4OS. The van der Waals surface area contributed by atoms with Gasteiger partial charge in [0, 0.05) is 56.9 Å². The lowest BCUT2D eigenvalue weighted by atomic mass is 10.2. The highest BCUT2D eigenvalue weighted by molar-refractivity contribution is 7.99. The Balaban J connectivity index is 1.73. The van der Waals surface area contributed by atoms with E-state index >= 15 is 0 Å². The van der Waals surface area contributed by atoms with Gasteiger partial charge in [0.15, 0.2) is 5.76 Å². The molecule has 6 heteroatoms. The van der Waals surface area contributed by atoms with Gasteiger partial charge in [-0.3, -0.25) is 4.90 Å². The van der Waals surface area contributed by atoms with Crippen LogP contribution in [-0.2, 0) is 4.74 Å². The highest BCUT2D eigenvalue weighted by Crippen LogP contribution is 2.27. The van der Waals surface area contributed by atoms with Gasteiger partial charge in [0.2, 0.25) is 0 Å². The molecule has 3 rings (SSSR count). The summed E-state index contributed by atoms with van der Waals surface area (Å²) in [5.74, 6) is 3.16. The fraction of sp³-hybridized carbons (Fsp3) is 0.467. The van der Waals surface area contributed by atoms with Crippen LogP contribution < -0.4 is 5.32 Å². The highest BCUT2D eigenvalue weighted by atomic mass is 32.2. The van der Waals surface area contributed by atoms with Gasteiger partial charge in [0.05, 0.1) is 17.4 Å². The number of ether oxygens (including phenoxy) is 1. The molecule has 1 atom stereocenters. The molecule has 21 heavy (non-hydrogen) atoms. The van der Waals surface area contributed by atoms with Crippen molar-refractivity contribution in [3.05, 3.63) is 48.2 Å². The number of rotatable bonds is 2. The summed E-state index contributed by atoms with van der Waals surface area (Å²) in [6, 6.07) is 0.419. The van der Waals surface area contributed by atoms with Crippen LogP contribution in [0.1, 0.15) is 0 Å². The van der Waals surface area contributed by atoms with E-state index in [1.54, 1.807) is 0 Å². The molecule has 1 N–H and O–H groups in total. The quantitative estimate of drug-likeness (QED) is 0.833. The molecule has 0 aromatic heterocycles. The normalized spacial score (nSPS) is 26.6. The second-order valence-corrected chi connectivity index (χ2v) is 6.65. The molecule has 1 saturated heterocycles. The van der Waals surface area contributed by atoms with E-state index in [4.69, 9.17) is 4.74 Å². The smallest absolute Gasteiger partial charge is 0.167 e. The summed E-state index contributed by atoms with van der Waals surface area (Å²) in [5.41, 5.74) is 2.18. The Labute approximate surface area is 130 Å². The van der Waals surface area contributed by atoms with Gasteiger partial charge in [-0.25, -0.2) is 0 Å². The van der Waals surface area contributed by atoms with E-state index < -0.39 is 0 Å². The van der Waals surface area contributed by atoms with E-state index in [1.165, 1.54) is 11.4 Å². The maximum absolute atomic E-state index is 5.88. The lowest BCUT2D eigenvalue weighted by Crippen LogP contribution is -2.44. The summed E-state index contributed by atoms with van der Waals surface area (Å²) in [6.07, 6.45) is 9.83. The molecule has 3 aliphatic rings. The molecule has 1 fully saturated rings. The molecule has 114 valence electrons. The maximum Gasteiger partial charge on any atom is 0.167 e. The van der Waals surface area contributed by atoms with Crippen molar-refractivity contribution in [2.45, 2.75) is 6.04 Å². The zero-order chi connectivity index (χ0) is 14.8. The fourth-order valence-electron chi connectivity index (χ4n) is 2.60. The van der Waals surface area contributed by atoms with Gasteiger partial charge in [0.25, 0.3) is 0 Å². The van der Waals surface area contributed by atoms with Gasteiger partial charge in [-0.05, 0) is 7.05 Å². The van der Waals surface area contributed by atoms with Crippen molar-refractivity contribution in [2.75, 3.05) is 39.2 Å². The summed E-state index contributed by atoms with van der Waals surface area (Å²) in [4.78, 5) is 6.57. The molecule has 1 unspecified atom stereocenters. The number of hydrogen-bond donors (Lipinski definition) is 1. The molecular weight excluding hydrogens is 284 g/mol. The molecule has 3 aliphatic heterocycles. The first-order valence-electron chi connectivity index (χ1n) is 7.12. The minimum absolute atomic E-state index is 0.419. The monoisotopic (exact) mass is 306 g/mol. The van der Waals surface area contributed by atoms with Gasteiger partial charge in [-0.2, -0.15) is 11.8 Å². The van der Waals surface area contributed by atoms with Crippen molar-refractivity contribution in [3.8, 4) is 0 Å². The van der Waals surface area contributed by atoms with Gasteiger partial charge in [0.1, 0.15) is 6.26 Å². The van der Waals surface area contributed by atoms with Crippen LogP contribution in [0.3, 0.4) is 0 Å². The van der Waals surface area contributed by atoms with Crippen molar-refractivity contribution < 1.29 is 4.74 Å². The Kier molecular flexibility index (Phi) is 4.17. The SMILES string of the molecule is CN1C=CNC(C2=CN(C)C(C3CSCCN3C)=CO2)=C1. The number of likely N-dealkylation sites (N-methyl/N-ethyl adjacent to an activating group) is 2. The zero-order valence-corrected chi connectivity index (χ0v) is 13.6. The largest absolute Gasteiger partial charge is 0.459 e. The molecule has 5 nitrogen and oxygen atoms in total. The van der Waals surface area contributed by atoms with Gasteiger partial charge in [-0.1, -0.05) is 0 Å². The second kappa shape index (κ2) is 6.07. The number of nitrogens with zero attached hydrogens (tertiary/aromatic N) is 3. The Morgan fingerprint density at radius 1 is 1.29 bits per heavy atom. The maximum atomic E-state index is 5.88. The molecule has 0 radical (unpaired) electrons. The Morgan fingerprint density at radius 3 is 2.86 bits per heavy atom. The minimum Gasteiger partial charge on any atom is -0.459 e. The molecule has 0 spiro atoms. The molecule has 3 heterocycles. The van der Waals surface area contributed by atoms with Crippen LogP contribution >= 0.6 is 11.8 Å². The third kappa shape index (κ3) is 3.06. The molecule has 0 aliphatic carbocycles. The number of thioether (sulfide) groups is 1. The fourth-order valence-corrected chi connectivity index (χ4v) is 3.83. The van der Waals surface area contributed by atoms with Gasteiger partial charge < -0.3 is 19.9 Å². The number of hydrogen-bond acceptors (Lipinski definition) is 6. The van der Waals surface area contributed by atoms with Crippen molar-refractivity contribution >= 4 is 11.8 Å². The molecule has 0 bridgehead atoms. The lowest BCUT2D eigenvalue weighted by Gasteiger charge is -2.38. The van der Waals surface area contributed by atoms with E-state index in [1.807, 2.05) is 54.8 Å². The van der Waals surface area contributed by atoms with Crippen molar-refractivity contribution in [1.82, 2.24) is 20.0 Å². The number of nitrogens with one attached hydrogen (secondary N) is 1. The molecule has 0 saturated carbocycles. The van der Waals surface area contributed by atoms with Crippen LogP contribution in [-0.4, -0.2) is 59.9 Å². The Hall–Kier alpha value is -1.53. The lowest BCUT2D eigenvalue weighted by molar-refractivity contribution is 0.233. The molecule has 0 aromatic carbocycles. The average Bonchev–Trinajstić information content (AvgIpc) is 2.48. The van der Waals surface area contributed by atoms with Crippen LogP contribution in [0, 0.1) is 0 Å². The van der Waals surface area contributed by atoms with Crippen molar-refractivity contribution in [2.24, 2.45) is 0 Å². The van der Waals surface area contributed by atoms with Crippen LogP contribution in [0.15, 0.2) is 48.2 Å². The van der Waals surface area contributed by atoms with Crippen molar-refractivity contribution in [1.29, 1.82) is 0 Å². The first-order chi connectivity index (χ1) is 10.1. The van der Waals surface area contributed by atoms with E-state index in [0.29, 0.717) is 6.04 Å². The predicted molar refractivity (Wildman–Crippen MR) is 86.9 cm³/mol. The van der Waals surface area contributed by atoms with Crippen LogP contribution in [0.4, 0.5) is 0 Å². The summed E-state index contributed by atoms with van der Waals surface area (Å²) >= 11 is 2.01. The first-order valence-corrected chi connectivity index (χ1v) is 8.27. The molecule has 0 aromatic rings. The summed E-state index contributed by atoms with van der Waals surface area (Å²) in [7, 11) is 6.27. The topological polar surface area (TPSA) is 31.0 Å². The van der Waals surface area contributed by atoms with Crippen LogP contribution in [0.25, 0.3) is 0 Å². The predicted octanol–water partition coefficient (Wildman–Crippen LogP) is 1.53. The second-order valence-electron chi connectivity index (χ2n) is 5.50. The van der Waals surface area contributed by atoms with E-state index in [9.17, 15) is 0 Å². The van der Waals surface area contributed by atoms with Gasteiger partial charge >= 0.3 is 0 Å². The average molecular weight is 306 g/mol. The van der Waals surface area contributed by atoms with Crippen LogP contribution in [0.5, 0.6) is 0 Å². The summed E-state index contributed by atoms with van der Waals surface area (Å²) in [6.45, 7) is 1.12. The molecule has 0 amide bonds. The highest BCUT2D eigenvalue weighted by Gasteiger charge is 2.28.